The van der Waals surface area contributed by atoms with E-state index >= 15 is 0 Å². The second-order valence-corrected chi connectivity index (χ2v) is 5.11. The Morgan fingerprint density at radius 2 is 1.78 bits per heavy atom. The number of esters is 1. The van der Waals surface area contributed by atoms with Crippen molar-refractivity contribution in [2.75, 3.05) is 0 Å². The Morgan fingerprint density at radius 1 is 1.09 bits per heavy atom. The topological polar surface area (TPSA) is 38.7 Å². The molecule has 0 radical (unpaired) electrons. The number of ether oxygens (including phenoxy) is 1. The molecule has 2 aromatic carbocycles. The van der Waals surface area contributed by atoms with Crippen molar-refractivity contribution in [1.29, 1.82) is 0 Å². The van der Waals surface area contributed by atoms with Crippen LogP contribution in [0.15, 0.2) is 76.9 Å². The van der Waals surface area contributed by atoms with E-state index in [-0.39, 0.29) is 17.2 Å². The molecular weight excluding hydrogens is 293 g/mol. The highest BCUT2D eigenvalue weighted by Crippen LogP contribution is 2.20. The van der Waals surface area contributed by atoms with E-state index in [9.17, 15) is 9.18 Å². The van der Waals surface area contributed by atoms with Gasteiger partial charge in [-0.05, 0) is 36.3 Å². The molecule has 0 amide bonds. The van der Waals surface area contributed by atoms with Gasteiger partial charge in [0, 0.05) is 0 Å². The van der Waals surface area contributed by atoms with E-state index in [1.54, 1.807) is 18.2 Å². The molecule has 1 heterocycles. The van der Waals surface area contributed by atoms with Crippen molar-refractivity contribution in [3.63, 3.8) is 0 Å². The van der Waals surface area contributed by atoms with E-state index in [1.165, 1.54) is 12.1 Å². The second kappa shape index (κ2) is 6.40. The molecule has 3 nitrogen and oxygen atoms in total. The van der Waals surface area contributed by atoms with E-state index in [2.05, 4.69) is 4.99 Å². The molecule has 0 saturated carbocycles. The van der Waals surface area contributed by atoms with Crippen LogP contribution in [-0.2, 0) is 9.53 Å². The third-order valence-electron chi connectivity index (χ3n) is 3.28. The van der Waals surface area contributed by atoms with E-state index in [1.807, 2.05) is 43.3 Å². The predicted molar refractivity (Wildman–Crippen MR) is 87.2 cm³/mol. The fraction of sp³-hybridized carbons (Fsp3) is 0.0526. The number of allylic oxidation sites excluding steroid dienone is 2. The Kier molecular flexibility index (Phi) is 4.15. The summed E-state index contributed by atoms with van der Waals surface area (Å²) in [6.07, 6.45) is 3.56. The zero-order valence-electron chi connectivity index (χ0n) is 12.5. The molecule has 114 valence electrons. The Balaban J connectivity index is 1.89. The van der Waals surface area contributed by atoms with Gasteiger partial charge in [0.15, 0.2) is 5.70 Å². The van der Waals surface area contributed by atoms with Crippen LogP contribution < -0.4 is 0 Å². The normalized spacial score (nSPS) is 16.4. The lowest BCUT2D eigenvalue weighted by atomic mass is 10.1. The second-order valence-electron chi connectivity index (χ2n) is 5.11. The molecule has 0 saturated heterocycles. The van der Waals surface area contributed by atoms with Gasteiger partial charge in [-0.15, -0.1) is 0 Å². The number of rotatable bonds is 3. The number of benzene rings is 2. The zero-order valence-corrected chi connectivity index (χ0v) is 12.5. The molecule has 0 unspecified atom stereocenters. The molecule has 0 spiro atoms. The van der Waals surface area contributed by atoms with Crippen LogP contribution in [0.2, 0.25) is 0 Å². The highest BCUT2D eigenvalue weighted by atomic mass is 19.1. The summed E-state index contributed by atoms with van der Waals surface area (Å²) in [4.78, 5) is 16.0. The lowest BCUT2D eigenvalue weighted by molar-refractivity contribution is -0.130. The predicted octanol–water partition coefficient (Wildman–Crippen LogP) is 4.12. The standard InChI is InChI=1S/C19H14FNO2/c1-13(11-14-7-3-2-4-8-14)12-17-19(22)23-18(21-17)15-9-5-6-10-16(15)20/h2-12H,1H3/b13-11+,17-12-. The van der Waals surface area contributed by atoms with Crippen LogP contribution in [0.1, 0.15) is 18.1 Å². The van der Waals surface area contributed by atoms with Crippen molar-refractivity contribution in [2.45, 2.75) is 6.92 Å². The fourth-order valence-electron chi connectivity index (χ4n) is 2.23. The van der Waals surface area contributed by atoms with Gasteiger partial charge in [-0.1, -0.05) is 48.5 Å². The number of halogens is 1. The zero-order chi connectivity index (χ0) is 16.2. The van der Waals surface area contributed by atoms with Gasteiger partial charge in [-0.2, -0.15) is 0 Å². The van der Waals surface area contributed by atoms with Gasteiger partial charge in [0.05, 0.1) is 5.56 Å². The molecule has 2 aromatic rings. The molecule has 4 heteroatoms. The highest BCUT2D eigenvalue weighted by Gasteiger charge is 2.25. The molecule has 23 heavy (non-hydrogen) atoms. The Hall–Kier alpha value is -3.01. The first kappa shape index (κ1) is 14.9. The van der Waals surface area contributed by atoms with Gasteiger partial charge < -0.3 is 4.74 Å². The Bertz CT molecular complexity index is 835. The van der Waals surface area contributed by atoms with Gasteiger partial charge in [0.2, 0.25) is 5.90 Å². The van der Waals surface area contributed by atoms with Gasteiger partial charge in [-0.3, -0.25) is 0 Å². The van der Waals surface area contributed by atoms with Crippen LogP contribution in [0.3, 0.4) is 0 Å². The summed E-state index contributed by atoms with van der Waals surface area (Å²) in [6.45, 7) is 1.86. The minimum atomic E-state index is -0.580. The van der Waals surface area contributed by atoms with Crippen LogP contribution in [0.25, 0.3) is 6.08 Å². The molecule has 1 aliphatic rings. The van der Waals surface area contributed by atoms with Crippen LogP contribution in [0.4, 0.5) is 4.39 Å². The molecular formula is C19H14FNO2. The number of carbonyl (C=O) groups is 1. The summed E-state index contributed by atoms with van der Waals surface area (Å²) in [5.74, 6) is -1.06. The summed E-state index contributed by atoms with van der Waals surface area (Å²) in [5.41, 5.74) is 2.20. The summed E-state index contributed by atoms with van der Waals surface area (Å²) < 4.78 is 18.8. The number of nitrogens with zero attached hydrogens (tertiary/aromatic N) is 1. The lowest BCUT2D eigenvalue weighted by Gasteiger charge is -1.99. The number of hydrogen-bond acceptors (Lipinski definition) is 3. The third-order valence-corrected chi connectivity index (χ3v) is 3.28. The maximum atomic E-state index is 13.7. The van der Waals surface area contributed by atoms with E-state index in [0.717, 1.165) is 11.1 Å². The molecule has 0 N–H and O–H groups in total. The molecule has 0 atom stereocenters. The molecule has 0 aromatic heterocycles. The average Bonchev–Trinajstić information content (AvgIpc) is 2.89. The van der Waals surface area contributed by atoms with Crippen LogP contribution >= 0.6 is 0 Å². The smallest absolute Gasteiger partial charge is 0.363 e. The monoisotopic (exact) mass is 307 g/mol. The molecule has 3 rings (SSSR count). The summed E-state index contributed by atoms with van der Waals surface area (Å²) in [6, 6.07) is 15.8. The maximum absolute atomic E-state index is 13.7. The Labute approximate surface area is 133 Å². The SMILES string of the molecule is CC(/C=C1\N=C(c2ccccc2F)OC1=O)=C\c1ccccc1. The van der Waals surface area contributed by atoms with Gasteiger partial charge in [0.25, 0.3) is 0 Å². The molecule has 1 aliphatic heterocycles. The van der Waals surface area contributed by atoms with Crippen molar-refractivity contribution in [3.05, 3.63) is 88.9 Å². The average molecular weight is 307 g/mol. The number of cyclic esters (lactones) is 1. The van der Waals surface area contributed by atoms with Crippen LogP contribution in [-0.4, -0.2) is 11.9 Å². The summed E-state index contributed by atoms with van der Waals surface area (Å²) in [5, 5.41) is 0. The lowest BCUT2D eigenvalue weighted by Crippen LogP contribution is -2.07. The van der Waals surface area contributed by atoms with E-state index in [4.69, 9.17) is 4.74 Å². The Morgan fingerprint density at radius 3 is 2.52 bits per heavy atom. The first-order valence-corrected chi connectivity index (χ1v) is 7.14. The molecule has 0 fully saturated rings. The quantitative estimate of drug-likeness (QED) is 0.632. The van der Waals surface area contributed by atoms with E-state index < -0.39 is 11.8 Å². The third kappa shape index (κ3) is 3.43. The first-order chi connectivity index (χ1) is 11.1. The minimum absolute atomic E-state index is 0.00754. The minimum Gasteiger partial charge on any atom is -0.402 e. The van der Waals surface area contributed by atoms with Crippen molar-refractivity contribution in [2.24, 2.45) is 4.99 Å². The number of hydrogen-bond donors (Lipinski definition) is 0. The van der Waals surface area contributed by atoms with Gasteiger partial charge >= 0.3 is 5.97 Å². The number of carbonyl (C=O) groups excluding carboxylic acids is 1. The first-order valence-electron chi connectivity index (χ1n) is 7.14. The molecule has 0 aliphatic carbocycles. The van der Waals surface area contributed by atoms with Crippen molar-refractivity contribution < 1.29 is 13.9 Å². The van der Waals surface area contributed by atoms with Crippen molar-refractivity contribution >= 4 is 17.9 Å². The van der Waals surface area contributed by atoms with Gasteiger partial charge in [0.1, 0.15) is 5.82 Å². The van der Waals surface area contributed by atoms with Crippen molar-refractivity contribution in [1.82, 2.24) is 0 Å². The maximum Gasteiger partial charge on any atom is 0.363 e. The van der Waals surface area contributed by atoms with E-state index in [0.29, 0.717) is 0 Å². The summed E-state index contributed by atoms with van der Waals surface area (Å²) >= 11 is 0. The number of aliphatic imine (C=N–C) groups is 1. The van der Waals surface area contributed by atoms with Crippen LogP contribution in [0.5, 0.6) is 0 Å². The summed E-state index contributed by atoms with van der Waals surface area (Å²) in [7, 11) is 0. The van der Waals surface area contributed by atoms with Gasteiger partial charge in [-0.25, -0.2) is 14.2 Å². The highest BCUT2D eigenvalue weighted by molar-refractivity contribution is 6.11. The van der Waals surface area contributed by atoms with Crippen molar-refractivity contribution in [3.8, 4) is 0 Å². The molecule has 0 bridgehead atoms. The largest absolute Gasteiger partial charge is 0.402 e. The van der Waals surface area contributed by atoms with Crippen LogP contribution in [0, 0.1) is 5.82 Å². The fourth-order valence-corrected chi connectivity index (χ4v) is 2.23.